The average Bonchev–Trinajstić information content (AvgIpc) is 2.60. The summed E-state index contributed by atoms with van der Waals surface area (Å²) in [6, 6.07) is 12.4. The van der Waals surface area contributed by atoms with Crippen molar-refractivity contribution < 1.29 is 24.0 Å². The molecule has 0 saturated carbocycles. The van der Waals surface area contributed by atoms with Gasteiger partial charge in [-0.05, 0) is 24.3 Å². The number of ether oxygens (including phenoxy) is 2. The topological polar surface area (TPSA) is 108 Å². The van der Waals surface area contributed by atoms with Gasteiger partial charge in [-0.1, -0.05) is 29.8 Å². The molecule has 25 heavy (non-hydrogen) atoms. The van der Waals surface area contributed by atoms with E-state index < -0.39 is 23.4 Å². The van der Waals surface area contributed by atoms with Gasteiger partial charge in [0.15, 0.2) is 13.2 Å². The van der Waals surface area contributed by atoms with Gasteiger partial charge in [0.05, 0.1) is 4.92 Å². The van der Waals surface area contributed by atoms with Crippen molar-refractivity contribution in [3.63, 3.8) is 0 Å². The Morgan fingerprint density at radius 1 is 1.12 bits per heavy atom. The van der Waals surface area contributed by atoms with Crippen LogP contribution in [-0.4, -0.2) is 30.0 Å². The van der Waals surface area contributed by atoms with Crippen LogP contribution in [0.25, 0.3) is 0 Å². The Balaban J connectivity index is 1.82. The first-order valence-corrected chi connectivity index (χ1v) is 7.41. The van der Waals surface area contributed by atoms with Gasteiger partial charge in [-0.25, -0.2) is 4.79 Å². The number of anilines is 1. The minimum absolute atomic E-state index is 0.0454. The van der Waals surface area contributed by atoms with Crippen LogP contribution in [0.15, 0.2) is 48.5 Å². The second kappa shape index (κ2) is 8.65. The van der Waals surface area contributed by atoms with Crippen molar-refractivity contribution in [3.8, 4) is 5.75 Å². The molecule has 0 saturated heterocycles. The standard InChI is InChI=1S/C16H13ClN2O6/c17-11-6-7-13(14(8-11)19(22)23)18-15(20)9-25-16(21)10-24-12-4-2-1-3-5-12/h1-8H,9-10H2,(H,18,20). The summed E-state index contributed by atoms with van der Waals surface area (Å²) in [5.41, 5.74) is -0.407. The first kappa shape index (κ1) is 18.2. The zero-order chi connectivity index (χ0) is 18.2. The molecule has 0 aliphatic rings. The molecule has 0 aliphatic heterocycles. The molecule has 0 heterocycles. The number of nitrogens with zero attached hydrogens (tertiary/aromatic N) is 1. The zero-order valence-electron chi connectivity index (χ0n) is 12.8. The van der Waals surface area contributed by atoms with Crippen LogP contribution in [0.1, 0.15) is 0 Å². The van der Waals surface area contributed by atoms with Crippen molar-refractivity contribution in [3.05, 3.63) is 63.7 Å². The fraction of sp³-hybridized carbons (Fsp3) is 0.125. The number of benzene rings is 2. The van der Waals surface area contributed by atoms with E-state index in [2.05, 4.69) is 5.32 Å². The number of amides is 1. The van der Waals surface area contributed by atoms with E-state index in [-0.39, 0.29) is 23.0 Å². The molecule has 0 radical (unpaired) electrons. The van der Waals surface area contributed by atoms with E-state index in [0.717, 1.165) is 6.07 Å². The van der Waals surface area contributed by atoms with Gasteiger partial charge in [0.2, 0.25) is 0 Å². The molecule has 0 aliphatic carbocycles. The fourth-order valence-corrected chi connectivity index (χ4v) is 1.96. The highest BCUT2D eigenvalue weighted by molar-refractivity contribution is 6.31. The number of para-hydroxylation sites is 1. The summed E-state index contributed by atoms with van der Waals surface area (Å²) in [6.45, 7) is -0.963. The SMILES string of the molecule is O=C(COC(=O)COc1ccccc1)Nc1ccc(Cl)cc1[N+](=O)[O-]. The van der Waals surface area contributed by atoms with Gasteiger partial charge in [0, 0.05) is 11.1 Å². The van der Waals surface area contributed by atoms with Crippen LogP contribution in [-0.2, 0) is 14.3 Å². The minimum atomic E-state index is -0.746. The lowest BCUT2D eigenvalue weighted by atomic mass is 10.2. The summed E-state index contributed by atoms with van der Waals surface area (Å²) < 4.78 is 9.92. The Hall–Kier alpha value is -3.13. The summed E-state index contributed by atoms with van der Waals surface area (Å²) in [5.74, 6) is -0.983. The van der Waals surface area contributed by atoms with Crippen LogP contribution in [0.4, 0.5) is 11.4 Å². The van der Waals surface area contributed by atoms with Crippen molar-refractivity contribution >= 4 is 34.9 Å². The number of carbonyl (C=O) groups excluding carboxylic acids is 2. The maximum Gasteiger partial charge on any atom is 0.344 e. The van der Waals surface area contributed by atoms with E-state index in [1.807, 2.05) is 0 Å². The molecule has 0 atom stereocenters. The maximum atomic E-state index is 11.8. The monoisotopic (exact) mass is 364 g/mol. The highest BCUT2D eigenvalue weighted by atomic mass is 35.5. The predicted molar refractivity (Wildman–Crippen MR) is 89.6 cm³/mol. The third kappa shape index (κ3) is 5.78. The quantitative estimate of drug-likeness (QED) is 0.460. The molecule has 0 spiro atoms. The van der Waals surface area contributed by atoms with Crippen LogP contribution < -0.4 is 10.1 Å². The number of nitro groups is 1. The smallest absolute Gasteiger partial charge is 0.344 e. The number of rotatable bonds is 7. The van der Waals surface area contributed by atoms with Crippen molar-refractivity contribution in [2.75, 3.05) is 18.5 Å². The molecule has 0 fully saturated rings. The molecule has 130 valence electrons. The summed E-state index contributed by atoms with van der Waals surface area (Å²) in [4.78, 5) is 33.6. The van der Waals surface area contributed by atoms with Gasteiger partial charge in [-0.3, -0.25) is 14.9 Å². The van der Waals surface area contributed by atoms with Gasteiger partial charge >= 0.3 is 5.97 Å². The van der Waals surface area contributed by atoms with Crippen molar-refractivity contribution in [1.29, 1.82) is 0 Å². The molecule has 9 heteroatoms. The van der Waals surface area contributed by atoms with Crippen molar-refractivity contribution in [2.24, 2.45) is 0 Å². The predicted octanol–water partition coefficient (Wildman–Crippen LogP) is 2.81. The van der Waals surface area contributed by atoms with Gasteiger partial charge in [-0.15, -0.1) is 0 Å². The highest BCUT2D eigenvalue weighted by Crippen LogP contribution is 2.27. The molecule has 1 N–H and O–H groups in total. The first-order valence-electron chi connectivity index (χ1n) is 7.03. The van der Waals surface area contributed by atoms with E-state index in [4.69, 9.17) is 21.1 Å². The Labute approximate surface area is 147 Å². The van der Waals surface area contributed by atoms with Gasteiger partial charge in [0.1, 0.15) is 11.4 Å². The van der Waals surface area contributed by atoms with E-state index in [0.29, 0.717) is 5.75 Å². The normalized spacial score (nSPS) is 9.96. The molecule has 2 aromatic carbocycles. The Morgan fingerprint density at radius 3 is 2.52 bits per heavy atom. The molecule has 2 aromatic rings. The number of esters is 1. The number of hydrogen-bond acceptors (Lipinski definition) is 6. The number of halogens is 1. The molecule has 1 amide bonds. The van der Waals surface area contributed by atoms with E-state index >= 15 is 0 Å². The van der Waals surface area contributed by atoms with Gasteiger partial charge in [-0.2, -0.15) is 0 Å². The fourth-order valence-electron chi connectivity index (χ4n) is 1.79. The zero-order valence-corrected chi connectivity index (χ0v) is 13.6. The Bertz CT molecular complexity index is 781. The maximum absolute atomic E-state index is 11.8. The molecule has 0 unspecified atom stereocenters. The minimum Gasteiger partial charge on any atom is -0.482 e. The summed E-state index contributed by atoms with van der Waals surface area (Å²) in [5, 5.41) is 13.4. The van der Waals surface area contributed by atoms with Crippen LogP contribution >= 0.6 is 11.6 Å². The van der Waals surface area contributed by atoms with Crippen molar-refractivity contribution in [1.82, 2.24) is 0 Å². The highest BCUT2D eigenvalue weighted by Gasteiger charge is 2.17. The van der Waals surface area contributed by atoms with Crippen LogP contribution in [0, 0.1) is 10.1 Å². The number of nitrogens with one attached hydrogen (secondary N) is 1. The van der Waals surface area contributed by atoms with Crippen LogP contribution in [0.3, 0.4) is 0 Å². The largest absolute Gasteiger partial charge is 0.482 e. The Kier molecular flexibility index (Phi) is 6.30. The summed E-state index contributed by atoms with van der Waals surface area (Å²) in [6.07, 6.45) is 0. The molecular formula is C16H13ClN2O6. The Morgan fingerprint density at radius 2 is 1.84 bits per heavy atom. The third-order valence-corrected chi connectivity index (χ3v) is 3.13. The van der Waals surface area contributed by atoms with Crippen LogP contribution in [0.2, 0.25) is 5.02 Å². The molecular weight excluding hydrogens is 352 g/mol. The third-order valence-electron chi connectivity index (χ3n) is 2.89. The first-order chi connectivity index (χ1) is 12.0. The second-order valence-corrected chi connectivity index (χ2v) is 5.17. The number of hydrogen-bond donors (Lipinski definition) is 1. The second-order valence-electron chi connectivity index (χ2n) is 4.73. The van der Waals surface area contributed by atoms with Gasteiger partial charge < -0.3 is 14.8 Å². The molecule has 8 nitrogen and oxygen atoms in total. The molecule has 0 bridgehead atoms. The molecule has 0 aromatic heterocycles. The lowest BCUT2D eigenvalue weighted by Crippen LogP contribution is -2.24. The van der Waals surface area contributed by atoms with Gasteiger partial charge in [0.25, 0.3) is 11.6 Å². The van der Waals surface area contributed by atoms with E-state index in [1.54, 1.807) is 30.3 Å². The van der Waals surface area contributed by atoms with Crippen molar-refractivity contribution in [2.45, 2.75) is 0 Å². The van der Waals surface area contributed by atoms with E-state index in [9.17, 15) is 19.7 Å². The van der Waals surface area contributed by atoms with Crippen LogP contribution in [0.5, 0.6) is 5.75 Å². The molecule has 2 rings (SSSR count). The summed E-state index contributed by atoms with van der Waals surface area (Å²) in [7, 11) is 0. The lowest BCUT2D eigenvalue weighted by molar-refractivity contribution is -0.383. The van der Waals surface area contributed by atoms with E-state index in [1.165, 1.54) is 12.1 Å². The summed E-state index contributed by atoms with van der Waals surface area (Å²) >= 11 is 5.69. The number of nitro benzene ring substituents is 1. The average molecular weight is 365 g/mol. The lowest BCUT2D eigenvalue weighted by Gasteiger charge is -2.08. The number of carbonyl (C=O) groups is 2.